The molecule has 2 bridgehead atoms. The van der Waals surface area contributed by atoms with Crippen molar-refractivity contribution in [2.75, 3.05) is 27.7 Å². The lowest BCUT2D eigenvalue weighted by molar-refractivity contribution is -0.898. The van der Waals surface area contributed by atoms with Crippen molar-refractivity contribution < 1.29 is 9.22 Å². The first-order chi connectivity index (χ1) is 16.2. The summed E-state index contributed by atoms with van der Waals surface area (Å²) in [6.07, 6.45) is 16.6. The Kier molecular flexibility index (Phi) is 4.55. The van der Waals surface area contributed by atoms with Gasteiger partial charge in [-0.25, -0.2) is 0 Å². The Bertz CT molecular complexity index is 1080. The fourth-order valence-corrected chi connectivity index (χ4v) is 9.40. The summed E-state index contributed by atoms with van der Waals surface area (Å²) in [6, 6.07) is 10.5. The van der Waals surface area contributed by atoms with Gasteiger partial charge < -0.3 is 9.22 Å². The molecule has 2 spiro atoms. The summed E-state index contributed by atoms with van der Waals surface area (Å²) in [5.41, 5.74) is 6.63. The summed E-state index contributed by atoms with van der Waals surface area (Å²) in [4.78, 5) is 2.85. The zero-order valence-electron chi connectivity index (χ0n) is 21.8. The molecule has 182 valence electrons. The maximum Gasteiger partial charge on any atom is 0.0975 e. The molecule has 3 heterocycles. The number of benzene rings is 1. The van der Waals surface area contributed by atoms with Crippen LogP contribution in [0.1, 0.15) is 69.4 Å². The summed E-state index contributed by atoms with van der Waals surface area (Å²) in [5.74, 6) is 0.656. The van der Waals surface area contributed by atoms with Gasteiger partial charge in [0, 0.05) is 32.0 Å². The Morgan fingerprint density at radius 3 is 2.65 bits per heavy atom. The first kappa shape index (κ1) is 21.8. The SMILES string of the molecule is C[C@]12CC=C3C=C4CC[C@@H]([N+](C)(C)C)CC45CC[C@]3(O5)[C@@H]1CC[C@@H]2N1CCc2ccccc2C1. The van der Waals surface area contributed by atoms with E-state index in [0.717, 1.165) is 11.0 Å². The molecule has 3 fully saturated rings. The lowest BCUT2D eigenvalue weighted by Crippen LogP contribution is -2.58. The van der Waals surface area contributed by atoms with E-state index >= 15 is 0 Å². The van der Waals surface area contributed by atoms with Crippen molar-refractivity contribution in [1.82, 2.24) is 4.90 Å². The van der Waals surface area contributed by atoms with Gasteiger partial charge in [-0.15, -0.1) is 0 Å². The van der Waals surface area contributed by atoms with Gasteiger partial charge in [-0.3, -0.25) is 4.90 Å². The van der Waals surface area contributed by atoms with Gasteiger partial charge in [0.1, 0.15) is 0 Å². The maximum atomic E-state index is 7.51. The zero-order chi connectivity index (χ0) is 23.3. The van der Waals surface area contributed by atoms with Gasteiger partial charge in [-0.1, -0.05) is 43.3 Å². The van der Waals surface area contributed by atoms with Crippen LogP contribution in [-0.4, -0.2) is 60.4 Å². The van der Waals surface area contributed by atoms with E-state index in [1.807, 2.05) is 0 Å². The minimum Gasteiger partial charge on any atom is -0.359 e. The third-order valence-electron chi connectivity index (χ3n) is 11.3. The van der Waals surface area contributed by atoms with Gasteiger partial charge in [-0.2, -0.15) is 0 Å². The maximum absolute atomic E-state index is 7.51. The third-order valence-corrected chi connectivity index (χ3v) is 11.3. The average Bonchev–Trinajstić information content (AvgIpc) is 3.33. The van der Waals surface area contributed by atoms with Crippen molar-refractivity contribution in [2.45, 2.75) is 94.5 Å². The van der Waals surface area contributed by atoms with Crippen molar-refractivity contribution in [3.8, 4) is 0 Å². The molecule has 3 aliphatic carbocycles. The Morgan fingerprint density at radius 1 is 1.00 bits per heavy atom. The van der Waals surface area contributed by atoms with Crippen molar-refractivity contribution in [1.29, 1.82) is 0 Å². The lowest BCUT2D eigenvalue weighted by Gasteiger charge is -2.56. The van der Waals surface area contributed by atoms with Gasteiger partial charge in [0.2, 0.25) is 0 Å². The number of hydrogen-bond donors (Lipinski definition) is 0. The van der Waals surface area contributed by atoms with Crippen LogP contribution >= 0.6 is 0 Å². The monoisotopic (exact) mass is 459 g/mol. The number of nitrogens with zero attached hydrogens (tertiary/aromatic N) is 2. The summed E-state index contributed by atoms with van der Waals surface area (Å²) >= 11 is 0. The highest BCUT2D eigenvalue weighted by Gasteiger charge is 2.67. The van der Waals surface area contributed by atoms with Crippen molar-refractivity contribution in [3.63, 3.8) is 0 Å². The van der Waals surface area contributed by atoms with Crippen LogP contribution in [-0.2, 0) is 17.7 Å². The van der Waals surface area contributed by atoms with Crippen LogP contribution in [0.25, 0.3) is 0 Å². The van der Waals surface area contributed by atoms with Crippen LogP contribution in [0.3, 0.4) is 0 Å². The van der Waals surface area contributed by atoms with E-state index in [0.29, 0.717) is 23.4 Å². The van der Waals surface area contributed by atoms with E-state index in [4.69, 9.17) is 4.74 Å². The summed E-state index contributed by atoms with van der Waals surface area (Å²) < 4.78 is 8.57. The summed E-state index contributed by atoms with van der Waals surface area (Å²) in [7, 11) is 7.14. The fourth-order valence-electron chi connectivity index (χ4n) is 9.40. The summed E-state index contributed by atoms with van der Waals surface area (Å²) in [6.45, 7) is 4.97. The standard InChI is InChI=1S/C31H43N2O/c1-29-15-13-25-19-24-9-10-26(33(2,3)4)20-30(24)16-17-31(25,34-30)27(29)11-12-28(29)32-18-14-22-7-5-6-8-23(22)21-32/h5-8,13,19,26-28H,9-12,14-18,20-21H2,1-4H3/q+1/t26-,27-,28+,29+,30?,31-/m1/s1. The minimum atomic E-state index is -0.0221. The molecule has 1 aromatic carbocycles. The molecule has 0 amide bonds. The number of allylic oxidation sites excluding steroid dienone is 1. The molecule has 6 atom stereocenters. The van der Waals surface area contributed by atoms with E-state index < -0.39 is 0 Å². The van der Waals surface area contributed by atoms with Gasteiger partial charge in [0.05, 0.1) is 38.4 Å². The predicted octanol–water partition coefficient (Wildman–Crippen LogP) is 5.65. The van der Waals surface area contributed by atoms with Crippen LogP contribution in [0.4, 0.5) is 0 Å². The molecule has 34 heavy (non-hydrogen) atoms. The Labute approximate surface area is 206 Å². The summed E-state index contributed by atoms with van der Waals surface area (Å²) in [5, 5.41) is 0. The normalized spacial score (nSPS) is 43.4. The van der Waals surface area contributed by atoms with E-state index in [1.54, 1.807) is 22.3 Å². The van der Waals surface area contributed by atoms with Gasteiger partial charge in [0.15, 0.2) is 0 Å². The van der Waals surface area contributed by atoms with Crippen molar-refractivity contribution in [3.05, 3.63) is 58.7 Å². The number of ether oxygens (including phenoxy) is 1. The molecule has 6 aliphatic rings. The molecule has 0 radical (unpaired) electrons. The molecule has 1 unspecified atom stereocenters. The second kappa shape index (κ2) is 7.08. The fraction of sp³-hybridized carbons (Fsp3) is 0.677. The van der Waals surface area contributed by atoms with Gasteiger partial charge in [-0.05, 0) is 78.6 Å². The smallest absolute Gasteiger partial charge is 0.0975 e. The number of fused-ring (bicyclic) bond motifs is 2. The van der Waals surface area contributed by atoms with Gasteiger partial charge >= 0.3 is 0 Å². The molecule has 1 saturated heterocycles. The molecule has 0 N–H and O–H groups in total. The zero-order valence-corrected chi connectivity index (χ0v) is 21.8. The third kappa shape index (κ3) is 2.87. The van der Waals surface area contributed by atoms with E-state index in [1.165, 1.54) is 64.3 Å². The van der Waals surface area contributed by atoms with Crippen LogP contribution in [0, 0.1) is 11.3 Å². The van der Waals surface area contributed by atoms with Crippen molar-refractivity contribution in [2.24, 2.45) is 11.3 Å². The van der Waals surface area contributed by atoms with Crippen molar-refractivity contribution >= 4 is 0 Å². The Morgan fingerprint density at radius 2 is 1.82 bits per heavy atom. The largest absolute Gasteiger partial charge is 0.359 e. The van der Waals surface area contributed by atoms with Crippen LogP contribution in [0.15, 0.2) is 47.6 Å². The van der Waals surface area contributed by atoms with Crippen LogP contribution in [0.2, 0.25) is 0 Å². The molecule has 3 heteroatoms. The second-order valence-electron chi connectivity index (χ2n) is 13.7. The molecule has 3 aliphatic heterocycles. The van der Waals surface area contributed by atoms with E-state index in [2.05, 4.69) is 69.4 Å². The first-order valence-corrected chi connectivity index (χ1v) is 14.0. The molecule has 0 aromatic heterocycles. The van der Waals surface area contributed by atoms with E-state index in [-0.39, 0.29) is 11.2 Å². The number of rotatable bonds is 2. The molecule has 1 aromatic rings. The van der Waals surface area contributed by atoms with Gasteiger partial charge in [0.25, 0.3) is 0 Å². The van der Waals surface area contributed by atoms with Crippen LogP contribution < -0.4 is 0 Å². The van der Waals surface area contributed by atoms with Crippen LogP contribution in [0.5, 0.6) is 0 Å². The lowest BCUT2D eigenvalue weighted by atomic mass is 9.59. The quantitative estimate of drug-likeness (QED) is 0.530. The average molecular weight is 460 g/mol. The topological polar surface area (TPSA) is 12.5 Å². The Hall–Kier alpha value is -1.42. The molecule has 2 saturated carbocycles. The Balaban J connectivity index is 1.21. The molecule has 3 nitrogen and oxygen atoms in total. The first-order valence-electron chi connectivity index (χ1n) is 14.0. The van der Waals surface area contributed by atoms with E-state index in [9.17, 15) is 0 Å². The molecular formula is C31H43N2O+. The predicted molar refractivity (Wildman–Crippen MR) is 137 cm³/mol. The minimum absolute atomic E-state index is 0.0200. The second-order valence-corrected chi connectivity index (χ2v) is 13.7. The number of quaternary nitrogens is 1. The highest BCUT2D eigenvalue weighted by Crippen LogP contribution is 2.67. The molecule has 7 rings (SSSR count). The number of hydrogen-bond acceptors (Lipinski definition) is 2. The molecular weight excluding hydrogens is 416 g/mol. The highest BCUT2D eigenvalue weighted by atomic mass is 16.5. The highest BCUT2D eigenvalue weighted by molar-refractivity contribution is 5.47.